The van der Waals surface area contributed by atoms with Gasteiger partial charge >= 0.3 is 0 Å². The predicted molar refractivity (Wildman–Crippen MR) is 105 cm³/mol. The average Bonchev–Trinajstić information content (AvgIpc) is 3.47. The van der Waals surface area contributed by atoms with Crippen LogP contribution in [0.15, 0.2) is 49.8 Å². The first-order valence-corrected chi connectivity index (χ1v) is 9.33. The lowest BCUT2D eigenvalue weighted by Gasteiger charge is -2.19. The van der Waals surface area contributed by atoms with Crippen LogP contribution >= 0.6 is 0 Å². The highest BCUT2D eigenvalue weighted by molar-refractivity contribution is 5.99. The summed E-state index contributed by atoms with van der Waals surface area (Å²) >= 11 is 0. The van der Waals surface area contributed by atoms with Gasteiger partial charge in [0.05, 0.1) is 19.9 Å². The molecule has 0 bridgehead atoms. The van der Waals surface area contributed by atoms with Gasteiger partial charge in [-0.2, -0.15) is 0 Å². The summed E-state index contributed by atoms with van der Waals surface area (Å²) in [6.45, 7) is 4.57. The lowest BCUT2D eigenvalue weighted by atomic mass is 10.1. The first kappa shape index (κ1) is 18.8. The van der Waals surface area contributed by atoms with Crippen molar-refractivity contribution < 1.29 is 22.8 Å². The van der Waals surface area contributed by atoms with Crippen LogP contribution in [0.3, 0.4) is 0 Å². The van der Waals surface area contributed by atoms with Crippen molar-refractivity contribution in [2.45, 2.75) is 26.8 Å². The Bertz CT molecular complexity index is 1130. The van der Waals surface area contributed by atoms with Crippen LogP contribution in [-0.4, -0.2) is 34.7 Å². The highest BCUT2D eigenvalue weighted by atomic mass is 16.5. The van der Waals surface area contributed by atoms with Crippen molar-refractivity contribution in [1.82, 2.24) is 15.1 Å². The molecule has 0 saturated carbocycles. The van der Waals surface area contributed by atoms with E-state index in [0.29, 0.717) is 35.3 Å². The Morgan fingerprint density at radius 1 is 1.21 bits per heavy atom. The van der Waals surface area contributed by atoms with Crippen molar-refractivity contribution in [2.24, 2.45) is 0 Å². The third-order valence-electron chi connectivity index (χ3n) is 4.64. The number of hydrogen-bond acceptors (Lipinski definition) is 7. The normalized spacial score (nSPS) is 11.1. The molecule has 29 heavy (non-hydrogen) atoms. The number of furan rings is 2. The van der Waals surface area contributed by atoms with Crippen LogP contribution < -0.4 is 4.74 Å². The fraction of sp³-hybridized carbons (Fsp3) is 0.286. The minimum absolute atomic E-state index is 0.181. The SMILES string of the molecule is CCCN(Cc1nnc(-c2ccco2)o1)C(=O)c1oc2ccc(OC)cc2c1C. The summed E-state index contributed by atoms with van der Waals surface area (Å²) in [7, 11) is 1.60. The summed E-state index contributed by atoms with van der Waals surface area (Å²) in [6.07, 6.45) is 2.31. The number of rotatable bonds is 7. The second-order valence-corrected chi connectivity index (χ2v) is 6.62. The minimum atomic E-state index is -0.225. The number of hydrogen-bond donors (Lipinski definition) is 0. The Labute approximate surface area is 167 Å². The van der Waals surface area contributed by atoms with Crippen molar-refractivity contribution in [3.63, 3.8) is 0 Å². The van der Waals surface area contributed by atoms with Gasteiger partial charge in [0, 0.05) is 17.5 Å². The Hall–Kier alpha value is -3.55. The number of aryl methyl sites for hydroxylation is 1. The Balaban J connectivity index is 1.61. The molecule has 0 aliphatic carbocycles. The minimum Gasteiger partial charge on any atom is -0.497 e. The van der Waals surface area contributed by atoms with E-state index < -0.39 is 0 Å². The Morgan fingerprint density at radius 2 is 2.07 bits per heavy atom. The summed E-state index contributed by atoms with van der Waals surface area (Å²) in [5.74, 6) is 1.88. The zero-order valence-corrected chi connectivity index (χ0v) is 16.5. The van der Waals surface area contributed by atoms with E-state index in [2.05, 4.69) is 10.2 Å². The molecule has 0 unspecified atom stereocenters. The van der Waals surface area contributed by atoms with Crippen molar-refractivity contribution in [3.05, 3.63) is 53.8 Å². The van der Waals surface area contributed by atoms with Crippen LogP contribution in [0.2, 0.25) is 0 Å². The van der Waals surface area contributed by atoms with Gasteiger partial charge in [0.1, 0.15) is 11.3 Å². The number of amides is 1. The largest absolute Gasteiger partial charge is 0.497 e. The van der Waals surface area contributed by atoms with Gasteiger partial charge in [-0.1, -0.05) is 6.92 Å². The molecule has 0 N–H and O–H groups in total. The molecule has 3 aromatic heterocycles. The number of nitrogens with zero attached hydrogens (tertiary/aromatic N) is 3. The molecule has 8 nitrogen and oxygen atoms in total. The number of fused-ring (bicyclic) bond motifs is 1. The third kappa shape index (κ3) is 3.61. The van der Waals surface area contributed by atoms with E-state index in [-0.39, 0.29) is 18.3 Å². The number of carbonyl (C=O) groups excluding carboxylic acids is 1. The van der Waals surface area contributed by atoms with E-state index in [1.165, 1.54) is 6.26 Å². The Morgan fingerprint density at radius 3 is 2.79 bits per heavy atom. The maximum absolute atomic E-state index is 13.2. The second kappa shape index (κ2) is 7.83. The van der Waals surface area contributed by atoms with E-state index in [0.717, 1.165) is 17.4 Å². The standard InChI is InChI=1S/C21H21N3O5/c1-4-9-24(12-18-22-23-20(29-18)17-6-5-10-27-17)21(25)19-13(2)15-11-14(26-3)7-8-16(15)28-19/h5-8,10-11H,4,9,12H2,1-3H3. The first-order chi connectivity index (χ1) is 14.1. The lowest BCUT2D eigenvalue weighted by molar-refractivity contribution is 0.0697. The molecule has 4 aromatic rings. The topological polar surface area (TPSA) is 94.7 Å². The van der Waals surface area contributed by atoms with Gasteiger partial charge in [0.2, 0.25) is 5.89 Å². The van der Waals surface area contributed by atoms with Crippen LogP contribution in [0.25, 0.3) is 22.6 Å². The first-order valence-electron chi connectivity index (χ1n) is 9.33. The predicted octanol–water partition coefficient (Wildman–Crippen LogP) is 4.45. The molecule has 8 heteroatoms. The van der Waals surface area contributed by atoms with E-state index in [1.807, 2.05) is 19.9 Å². The smallest absolute Gasteiger partial charge is 0.290 e. The van der Waals surface area contributed by atoms with Crippen molar-refractivity contribution in [3.8, 4) is 17.4 Å². The molecule has 3 heterocycles. The van der Waals surface area contributed by atoms with E-state index in [4.69, 9.17) is 18.0 Å². The van der Waals surface area contributed by atoms with E-state index in [9.17, 15) is 4.79 Å². The summed E-state index contributed by atoms with van der Waals surface area (Å²) in [5.41, 5.74) is 1.41. The van der Waals surface area contributed by atoms with Gasteiger partial charge in [-0.15, -0.1) is 10.2 Å². The summed E-state index contributed by atoms with van der Waals surface area (Å²) < 4.78 is 22.1. The third-order valence-corrected chi connectivity index (χ3v) is 4.64. The maximum atomic E-state index is 13.2. The molecule has 0 radical (unpaired) electrons. The van der Waals surface area contributed by atoms with Gasteiger partial charge < -0.3 is 22.9 Å². The molecule has 1 amide bonds. The molecule has 0 aliphatic heterocycles. The van der Waals surface area contributed by atoms with Crippen LogP contribution in [-0.2, 0) is 6.54 Å². The molecule has 0 spiro atoms. The molecule has 0 saturated heterocycles. The van der Waals surface area contributed by atoms with Crippen molar-refractivity contribution >= 4 is 16.9 Å². The van der Waals surface area contributed by atoms with Gasteiger partial charge in [-0.05, 0) is 43.7 Å². The Kier molecular flexibility index (Phi) is 5.07. The second-order valence-electron chi connectivity index (χ2n) is 6.62. The fourth-order valence-electron chi connectivity index (χ4n) is 3.18. The number of aromatic nitrogens is 2. The molecule has 1 aromatic carbocycles. The quantitative estimate of drug-likeness (QED) is 0.456. The summed E-state index contributed by atoms with van der Waals surface area (Å²) in [5, 5.41) is 8.88. The summed E-state index contributed by atoms with van der Waals surface area (Å²) in [6, 6.07) is 8.94. The zero-order chi connectivity index (χ0) is 20.4. The van der Waals surface area contributed by atoms with Gasteiger partial charge in [-0.25, -0.2) is 0 Å². The highest BCUT2D eigenvalue weighted by Crippen LogP contribution is 2.30. The lowest BCUT2D eigenvalue weighted by Crippen LogP contribution is -2.31. The maximum Gasteiger partial charge on any atom is 0.290 e. The zero-order valence-electron chi connectivity index (χ0n) is 16.5. The van der Waals surface area contributed by atoms with Crippen LogP contribution in [0.5, 0.6) is 5.75 Å². The number of methoxy groups -OCH3 is 1. The van der Waals surface area contributed by atoms with Crippen LogP contribution in [0.4, 0.5) is 0 Å². The van der Waals surface area contributed by atoms with E-state index >= 15 is 0 Å². The molecule has 0 aliphatic rings. The molecule has 150 valence electrons. The van der Waals surface area contributed by atoms with E-state index in [1.54, 1.807) is 36.3 Å². The summed E-state index contributed by atoms with van der Waals surface area (Å²) in [4.78, 5) is 14.9. The number of ether oxygens (including phenoxy) is 1. The molecular formula is C21H21N3O5. The van der Waals surface area contributed by atoms with Crippen molar-refractivity contribution in [2.75, 3.05) is 13.7 Å². The highest BCUT2D eigenvalue weighted by Gasteiger charge is 2.25. The van der Waals surface area contributed by atoms with Crippen LogP contribution in [0, 0.1) is 6.92 Å². The monoisotopic (exact) mass is 395 g/mol. The van der Waals surface area contributed by atoms with Gasteiger partial charge in [-0.3, -0.25) is 4.79 Å². The van der Waals surface area contributed by atoms with Crippen molar-refractivity contribution in [1.29, 1.82) is 0 Å². The molecular weight excluding hydrogens is 374 g/mol. The molecule has 0 fully saturated rings. The molecule has 4 rings (SSSR count). The van der Waals surface area contributed by atoms with Crippen LogP contribution in [0.1, 0.15) is 35.4 Å². The van der Waals surface area contributed by atoms with Gasteiger partial charge in [0.25, 0.3) is 11.8 Å². The number of carbonyl (C=O) groups is 1. The molecule has 0 atom stereocenters. The van der Waals surface area contributed by atoms with Gasteiger partial charge in [0.15, 0.2) is 11.5 Å². The number of benzene rings is 1. The average molecular weight is 395 g/mol. The fourth-order valence-corrected chi connectivity index (χ4v) is 3.18.